The van der Waals surface area contributed by atoms with Crippen LogP contribution in [0.2, 0.25) is 10.0 Å². The molecule has 1 N–H and O–H groups in total. The lowest BCUT2D eigenvalue weighted by Gasteiger charge is -2.09. The van der Waals surface area contributed by atoms with Crippen LogP contribution in [0.3, 0.4) is 0 Å². The molecule has 3 nitrogen and oxygen atoms in total. The summed E-state index contributed by atoms with van der Waals surface area (Å²) in [5, 5.41) is 3.62. The summed E-state index contributed by atoms with van der Waals surface area (Å²) < 4.78 is 5.39. The van der Waals surface area contributed by atoms with Gasteiger partial charge in [0.25, 0.3) is 0 Å². The number of ether oxygens (including phenoxy) is 1. The average Bonchev–Trinajstić information content (AvgIpc) is 2.53. The first-order valence-electron chi connectivity index (χ1n) is 7.19. The fourth-order valence-corrected chi connectivity index (χ4v) is 3.22. The van der Waals surface area contributed by atoms with Crippen LogP contribution in [0, 0.1) is 0 Å². The Kier molecular flexibility index (Phi) is 7.09. The molecule has 0 saturated heterocycles. The molecule has 2 aromatic rings. The van der Waals surface area contributed by atoms with E-state index in [1.54, 1.807) is 30.0 Å². The lowest BCUT2D eigenvalue weighted by molar-refractivity contribution is -0.115. The van der Waals surface area contributed by atoms with E-state index in [0.29, 0.717) is 34.5 Å². The number of hydrogen-bond acceptors (Lipinski definition) is 3. The highest BCUT2D eigenvalue weighted by atomic mass is 35.5. The van der Waals surface area contributed by atoms with Crippen molar-refractivity contribution in [2.24, 2.45) is 0 Å². The van der Waals surface area contributed by atoms with Crippen LogP contribution in [0.15, 0.2) is 47.4 Å². The Balaban J connectivity index is 1.80. The van der Waals surface area contributed by atoms with E-state index in [2.05, 4.69) is 5.32 Å². The largest absolute Gasteiger partial charge is 0.494 e. The number of benzene rings is 2. The highest BCUT2D eigenvalue weighted by Gasteiger charge is 2.09. The van der Waals surface area contributed by atoms with Crippen molar-refractivity contribution in [1.82, 2.24) is 0 Å². The van der Waals surface area contributed by atoms with Crippen LogP contribution in [0.25, 0.3) is 0 Å². The Hall–Kier alpha value is -1.36. The minimum absolute atomic E-state index is 0.113. The van der Waals surface area contributed by atoms with E-state index >= 15 is 0 Å². The summed E-state index contributed by atoms with van der Waals surface area (Å²) in [6.07, 6.45) is 0.374. The summed E-state index contributed by atoms with van der Waals surface area (Å²) in [4.78, 5) is 13.1. The molecule has 0 unspecified atom stereocenters. The number of thioether (sulfide) groups is 1. The van der Waals surface area contributed by atoms with Gasteiger partial charge in [-0.3, -0.25) is 4.79 Å². The highest BCUT2D eigenvalue weighted by molar-refractivity contribution is 7.99. The van der Waals surface area contributed by atoms with E-state index in [4.69, 9.17) is 27.9 Å². The van der Waals surface area contributed by atoms with Crippen molar-refractivity contribution in [1.29, 1.82) is 0 Å². The van der Waals surface area contributed by atoms with Crippen LogP contribution in [-0.4, -0.2) is 18.3 Å². The van der Waals surface area contributed by atoms with Crippen molar-refractivity contribution in [3.05, 3.63) is 52.5 Å². The molecule has 0 aliphatic carbocycles. The number of para-hydroxylation sites is 1. The van der Waals surface area contributed by atoms with E-state index in [1.807, 2.05) is 31.2 Å². The van der Waals surface area contributed by atoms with Gasteiger partial charge in [0.05, 0.1) is 22.3 Å². The standard InChI is InChI=1S/C17H17Cl2NO2S/c1-2-22-12-6-8-13(9-7-12)23-11-10-16(21)20-17-14(18)4-3-5-15(17)19/h3-9H,2,10-11H2,1H3,(H,20,21). The molecule has 1 amide bonds. The maximum absolute atomic E-state index is 12.0. The summed E-state index contributed by atoms with van der Waals surface area (Å²) >= 11 is 13.7. The van der Waals surface area contributed by atoms with Crippen molar-refractivity contribution >= 4 is 46.6 Å². The summed E-state index contributed by atoms with van der Waals surface area (Å²) in [5.41, 5.74) is 0.465. The summed E-state index contributed by atoms with van der Waals surface area (Å²) in [6.45, 7) is 2.60. The minimum atomic E-state index is -0.113. The Labute approximate surface area is 150 Å². The van der Waals surface area contributed by atoms with E-state index in [9.17, 15) is 4.79 Å². The number of rotatable bonds is 7. The molecule has 0 saturated carbocycles. The van der Waals surface area contributed by atoms with Gasteiger partial charge >= 0.3 is 0 Å². The van der Waals surface area contributed by atoms with Crippen LogP contribution >= 0.6 is 35.0 Å². The molecule has 0 aliphatic heterocycles. The fraction of sp³-hybridized carbons (Fsp3) is 0.235. The molecule has 0 radical (unpaired) electrons. The van der Waals surface area contributed by atoms with E-state index in [-0.39, 0.29) is 5.91 Å². The zero-order valence-electron chi connectivity index (χ0n) is 12.6. The van der Waals surface area contributed by atoms with Crippen LogP contribution < -0.4 is 10.1 Å². The van der Waals surface area contributed by atoms with Crippen LogP contribution in [0.1, 0.15) is 13.3 Å². The van der Waals surface area contributed by atoms with Crippen molar-refractivity contribution in [2.75, 3.05) is 17.7 Å². The summed E-state index contributed by atoms with van der Waals surface area (Å²) in [7, 11) is 0. The Bertz CT molecular complexity index is 642. The Morgan fingerprint density at radius 1 is 1.13 bits per heavy atom. The maximum atomic E-state index is 12.0. The predicted molar refractivity (Wildman–Crippen MR) is 98.0 cm³/mol. The molecule has 0 bridgehead atoms. The quantitative estimate of drug-likeness (QED) is 0.653. The van der Waals surface area contributed by atoms with Crippen LogP contribution in [-0.2, 0) is 4.79 Å². The van der Waals surface area contributed by atoms with Gasteiger partial charge < -0.3 is 10.1 Å². The number of nitrogens with one attached hydrogen (secondary N) is 1. The van der Waals surface area contributed by atoms with Crippen molar-refractivity contribution in [3.63, 3.8) is 0 Å². The molecule has 6 heteroatoms. The first-order chi connectivity index (χ1) is 11.1. The number of carbonyl (C=O) groups is 1. The fourth-order valence-electron chi connectivity index (χ4n) is 1.88. The molecular formula is C17H17Cl2NO2S. The molecule has 0 spiro atoms. The molecule has 2 rings (SSSR count). The van der Waals surface area contributed by atoms with Gasteiger partial charge in [0.2, 0.25) is 5.91 Å². The third kappa shape index (κ3) is 5.65. The first-order valence-corrected chi connectivity index (χ1v) is 8.94. The SMILES string of the molecule is CCOc1ccc(SCCC(=O)Nc2c(Cl)cccc2Cl)cc1. The summed E-state index contributed by atoms with van der Waals surface area (Å²) in [5.74, 6) is 1.41. The Morgan fingerprint density at radius 3 is 2.39 bits per heavy atom. The highest BCUT2D eigenvalue weighted by Crippen LogP contribution is 2.30. The first kappa shape index (κ1) is 18.0. The number of halogens is 2. The van der Waals surface area contributed by atoms with Crippen molar-refractivity contribution in [3.8, 4) is 5.75 Å². The number of hydrogen-bond donors (Lipinski definition) is 1. The van der Waals surface area contributed by atoms with Gasteiger partial charge in [-0.1, -0.05) is 29.3 Å². The molecule has 0 aromatic heterocycles. The van der Waals surface area contributed by atoms with Crippen LogP contribution in [0.4, 0.5) is 5.69 Å². The molecule has 23 heavy (non-hydrogen) atoms. The maximum Gasteiger partial charge on any atom is 0.225 e. The third-order valence-corrected chi connectivity index (χ3v) is 4.60. The zero-order chi connectivity index (χ0) is 16.7. The lowest BCUT2D eigenvalue weighted by Crippen LogP contribution is -2.12. The number of carbonyl (C=O) groups excluding carboxylic acids is 1. The third-order valence-electron chi connectivity index (χ3n) is 2.96. The average molecular weight is 370 g/mol. The van der Waals surface area contributed by atoms with Gasteiger partial charge in [-0.25, -0.2) is 0 Å². The van der Waals surface area contributed by atoms with E-state index in [0.717, 1.165) is 10.6 Å². The number of amides is 1. The molecule has 0 heterocycles. The predicted octanol–water partition coefficient (Wildman–Crippen LogP) is 5.51. The second kappa shape index (κ2) is 9.06. The molecule has 0 atom stereocenters. The van der Waals surface area contributed by atoms with Gasteiger partial charge in [0.1, 0.15) is 5.75 Å². The van der Waals surface area contributed by atoms with Gasteiger partial charge in [-0.2, -0.15) is 0 Å². The lowest BCUT2D eigenvalue weighted by atomic mass is 10.3. The normalized spacial score (nSPS) is 10.4. The minimum Gasteiger partial charge on any atom is -0.494 e. The van der Waals surface area contributed by atoms with Crippen molar-refractivity contribution < 1.29 is 9.53 Å². The number of anilines is 1. The smallest absolute Gasteiger partial charge is 0.225 e. The molecular weight excluding hydrogens is 353 g/mol. The molecule has 122 valence electrons. The second-order valence-corrected chi connectivity index (χ2v) is 6.63. The van der Waals surface area contributed by atoms with Crippen molar-refractivity contribution in [2.45, 2.75) is 18.2 Å². The van der Waals surface area contributed by atoms with Gasteiger partial charge in [-0.05, 0) is 43.3 Å². The van der Waals surface area contributed by atoms with Gasteiger partial charge in [-0.15, -0.1) is 11.8 Å². The second-order valence-electron chi connectivity index (χ2n) is 4.65. The van der Waals surface area contributed by atoms with Gasteiger partial charge in [0, 0.05) is 17.1 Å². The van der Waals surface area contributed by atoms with Crippen LogP contribution in [0.5, 0.6) is 5.75 Å². The zero-order valence-corrected chi connectivity index (χ0v) is 15.0. The van der Waals surface area contributed by atoms with E-state index < -0.39 is 0 Å². The van der Waals surface area contributed by atoms with Gasteiger partial charge in [0.15, 0.2) is 0 Å². The van der Waals surface area contributed by atoms with E-state index in [1.165, 1.54) is 0 Å². The Morgan fingerprint density at radius 2 is 1.78 bits per heavy atom. The summed E-state index contributed by atoms with van der Waals surface area (Å²) in [6, 6.07) is 12.9. The topological polar surface area (TPSA) is 38.3 Å². The molecule has 0 fully saturated rings. The molecule has 0 aliphatic rings. The molecule has 2 aromatic carbocycles. The monoisotopic (exact) mass is 369 g/mol.